The summed E-state index contributed by atoms with van der Waals surface area (Å²) < 4.78 is 0. The van der Waals surface area contributed by atoms with Crippen LogP contribution in [-0.4, -0.2) is 28.0 Å². The molecule has 0 aliphatic heterocycles. The highest BCUT2D eigenvalue weighted by Crippen LogP contribution is 2.12. The maximum Gasteiger partial charge on any atom is 0.325 e. The molecule has 0 saturated heterocycles. The van der Waals surface area contributed by atoms with Gasteiger partial charge in [0.25, 0.3) is 5.91 Å². The molecule has 2 N–H and O–H groups in total. The largest absolute Gasteiger partial charge is 0.480 e. The van der Waals surface area contributed by atoms with Crippen molar-refractivity contribution in [3.63, 3.8) is 0 Å². The predicted molar refractivity (Wildman–Crippen MR) is 53.8 cm³/mol. The van der Waals surface area contributed by atoms with Crippen molar-refractivity contribution in [3.8, 4) is 0 Å². The van der Waals surface area contributed by atoms with E-state index in [1.807, 2.05) is 0 Å². The standard InChI is InChI=1S/C9H9ClN2O3/c1-5(9(14)15)12-8(13)6-2-3-11-4-7(6)10/h2-5H,1H3,(H,12,13)(H,14,15)/t5-/m1/s1. The highest BCUT2D eigenvalue weighted by molar-refractivity contribution is 6.33. The normalized spacial score (nSPS) is 11.9. The number of halogens is 1. The van der Waals surface area contributed by atoms with Crippen LogP contribution in [0, 0.1) is 0 Å². The minimum atomic E-state index is -1.10. The van der Waals surface area contributed by atoms with E-state index in [2.05, 4.69) is 10.3 Å². The lowest BCUT2D eigenvalue weighted by atomic mass is 10.2. The zero-order valence-electron chi connectivity index (χ0n) is 7.90. The Morgan fingerprint density at radius 3 is 2.80 bits per heavy atom. The Bertz CT molecular complexity index is 395. The number of aromatic nitrogens is 1. The average Bonchev–Trinajstić information content (AvgIpc) is 2.18. The van der Waals surface area contributed by atoms with Crippen LogP contribution in [0.3, 0.4) is 0 Å². The number of hydrogen-bond acceptors (Lipinski definition) is 3. The van der Waals surface area contributed by atoms with Gasteiger partial charge in [0.2, 0.25) is 0 Å². The van der Waals surface area contributed by atoms with Gasteiger partial charge in [-0.1, -0.05) is 11.6 Å². The molecule has 6 heteroatoms. The SMILES string of the molecule is C[C@@H](NC(=O)c1ccncc1Cl)C(=O)O. The van der Waals surface area contributed by atoms with Gasteiger partial charge < -0.3 is 10.4 Å². The Kier molecular flexibility index (Phi) is 3.62. The number of carbonyl (C=O) groups excluding carboxylic acids is 1. The molecule has 0 unspecified atom stereocenters. The fourth-order valence-electron chi connectivity index (χ4n) is 0.895. The second-order valence-electron chi connectivity index (χ2n) is 2.89. The number of carboxylic acid groups (broad SMARTS) is 1. The summed E-state index contributed by atoms with van der Waals surface area (Å²) in [7, 11) is 0. The molecule has 0 fully saturated rings. The van der Waals surface area contributed by atoms with Crippen molar-refractivity contribution in [2.75, 3.05) is 0 Å². The lowest BCUT2D eigenvalue weighted by molar-refractivity contribution is -0.138. The third kappa shape index (κ3) is 2.92. The number of pyridine rings is 1. The zero-order chi connectivity index (χ0) is 11.4. The Morgan fingerprint density at radius 1 is 1.60 bits per heavy atom. The molecule has 0 aliphatic carbocycles. The topological polar surface area (TPSA) is 79.3 Å². The highest BCUT2D eigenvalue weighted by Gasteiger charge is 2.16. The first-order valence-corrected chi connectivity index (χ1v) is 4.53. The van der Waals surface area contributed by atoms with Crippen molar-refractivity contribution < 1.29 is 14.7 Å². The molecule has 0 aromatic carbocycles. The zero-order valence-corrected chi connectivity index (χ0v) is 8.65. The van der Waals surface area contributed by atoms with Crippen LogP contribution >= 0.6 is 11.6 Å². The molecule has 1 rings (SSSR count). The van der Waals surface area contributed by atoms with Crippen LogP contribution in [-0.2, 0) is 4.79 Å². The number of hydrogen-bond donors (Lipinski definition) is 2. The molecule has 1 aromatic heterocycles. The number of rotatable bonds is 3. The summed E-state index contributed by atoms with van der Waals surface area (Å²) in [6, 6.07) is 0.466. The molecule has 1 atom stereocenters. The third-order valence-electron chi connectivity index (χ3n) is 1.74. The maximum absolute atomic E-state index is 11.5. The molecule has 0 radical (unpaired) electrons. The van der Waals surface area contributed by atoms with Crippen LogP contribution < -0.4 is 5.32 Å². The number of nitrogens with one attached hydrogen (secondary N) is 1. The second-order valence-corrected chi connectivity index (χ2v) is 3.30. The molecule has 0 bridgehead atoms. The first-order valence-electron chi connectivity index (χ1n) is 4.15. The minimum Gasteiger partial charge on any atom is -0.480 e. The molecular formula is C9H9ClN2O3. The number of carbonyl (C=O) groups is 2. The minimum absolute atomic E-state index is 0.188. The van der Waals surface area contributed by atoms with Crippen LogP contribution in [0.25, 0.3) is 0 Å². The van der Waals surface area contributed by atoms with E-state index in [0.29, 0.717) is 0 Å². The number of amides is 1. The first kappa shape index (κ1) is 11.5. The Labute approximate surface area is 91.1 Å². The van der Waals surface area contributed by atoms with E-state index in [-0.39, 0.29) is 10.6 Å². The summed E-state index contributed by atoms with van der Waals surface area (Å²) in [6.07, 6.45) is 2.73. The molecule has 0 spiro atoms. The summed E-state index contributed by atoms with van der Waals surface area (Å²) in [5.41, 5.74) is 0.208. The van der Waals surface area contributed by atoms with Crippen molar-refractivity contribution in [1.29, 1.82) is 0 Å². The van der Waals surface area contributed by atoms with E-state index < -0.39 is 17.9 Å². The summed E-state index contributed by atoms with van der Waals surface area (Å²) in [5.74, 6) is -1.63. The van der Waals surface area contributed by atoms with E-state index in [9.17, 15) is 9.59 Å². The van der Waals surface area contributed by atoms with Gasteiger partial charge in [0.1, 0.15) is 6.04 Å². The lowest BCUT2D eigenvalue weighted by Crippen LogP contribution is -2.38. The Morgan fingerprint density at radius 2 is 2.27 bits per heavy atom. The summed E-state index contributed by atoms with van der Waals surface area (Å²) in [6.45, 7) is 1.37. The van der Waals surface area contributed by atoms with E-state index >= 15 is 0 Å². The van der Waals surface area contributed by atoms with Gasteiger partial charge in [0, 0.05) is 12.4 Å². The molecular weight excluding hydrogens is 220 g/mol. The van der Waals surface area contributed by atoms with Gasteiger partial charge in [0.05, 0.1) is 10.6 Å². The van der Waals surface area contributed by atoms with E-state index in [0.717, 1.165) is 0 Å². The van der Waals surface area contributed by atoms with Crippen LogP contribution in [0.5, 0.6) is 0 Å². The lowest BCUT2D eigenvalue weighted by Gasteiger charge is -2.09. The third-order valence-corrected chi connectivity index (χ3v) is 2.04. The van der Waals surface area contributed by atoms with Crippen molar-refractivity contribution in [2.45, 2.75) is 13.0 Å². The van der Waals surface area contributed by atoms with Gasteiger partial charge in [-0.2, -0.15) is 0 Å². The van der Waals surface area contributed by atoms with Gasteiger partial charge in [0.15, 0.2) is 0 Å². The van der Waals surface area contributed by atoms with Crippen LogP contribution in [0.15, 0.2) is 18.5 Å². The molecule has 1 heterocycles. The van der Waals surface area contributed by atoms with E-state index in [1.165, 1.54) is 25.4 Å². The Balaban J connectivity index is 2.78. The first-order chi connectivity index (χ1) is 7.02. The number of aliphatic carboxylic acids is 1. The summed E-state index contributed by atoms with van der Waals surface area (Å²) >= 11 is 5.71. The molecule has 1 amide bonds. The molecule has 5 nitrogen and oxygen atoms in total. The van der Waals surface area contributed by atoms with E-state index in [1.54, 1.807) is 0 Å². The van der Waals surface area contributed by atoms with Gasteiger partial charge in [-0.15, -0.1) is 0 Å². The molecule has 0 saturated carbocycles. The van der Waals surface area contributed by atoms with Crippen molar-refractivity contribution in [2.24, 2.45) is 0 Å². The van der Waals surface area contributed by atoms with Gasteiger partial charge in [-0.25, -0.2) is 0 Å². The monoisotopic (exact) mass is 228 g/mol. The van der Waals surface area contributed by atoms with Crippen LogP contribution in [0.2, 0.25) is 5.02 Å². The van der Waals surface area contributed by atoms with Gasteiger partial charge in [-0.3, -0.25) is 14.6 Å². The van der Waals surface area contributed by atoms with Crippen molar-refractivity contribution in [1.82, 2.24) is 10.3 Å². The maximum atomic E-state index is 11.5. The van der Waals surface area contributed by atoms with Gasteiger partial charge >= 0.3 is 5.97 Å². The van der Waals surface area contributed by atoms with Crippen LogP contribution in [0.1, 0.15) is 17.3 Å². The summed E-state index contributed by atoms with van der Waals surface area (Å²) in [4.78, 5) is 25.7. The molecule has 0 aliphatic rings. The number of carboxylic acids is 1. The smallest absolute Gasteiger partial charge is 0.325 e. The van der Waals surface area contributed by atoms with Crippen LogP contribution in [0.4, 0.5) is 0 Å². The second kappa shape index (κ2) is 4.75. The Hall–Kier alpha value is -1.62. The molecule has 15 heavy (non-hydrogen) atoms. The van der Waals surface area contributed by atoms with Crippen molar-refractivity contribution >= 4 is 23.5 Å². The van der Waals surface area contributed by atoms with E-state index in [4.69, 9.17) is 16.7 Å². The number of nitrogens with zero attached hydrogens (tertiary/aromatic N) is 1. The molecule has 80 valence electrons. The van der Waals surface area contributed by atoms with Gasteiger partial charge in [-0.05, 0) is 13.0 Å². The highest BCUT2D eigenvalue weighted by atomic mass is 35.5. The van der Waals surface area contributed by atoms with Crippen molar-refractivity contribution in [3.05, 3.63) is 29.0 Å². The fourth-order valence-corrected chi connectivity index (χ4v) is 1.10. The predicted octanol–water partition coefficient (Wildman–Crippen LogP) is 0.938. The fraction of sp³-hybridized carbons (Fsp3) is 0.222. The quantitative estimate of drug-likeness (QED) is 0.807. The average molecular weight is 229 g/mol. The summed E-state index contributed by atoms with van der Waals surface area (Å²) in [5, 5.41) is 11.1. The molecule has 1 aromatic rings.